The lowest BCUT2D eigenvalue weighted by atomic mass is 10.0. The van der Waals surface area contributed by atoms with E-state index in [1.807, 2.05) is 0 Å². The Kier molecular flexibility index (Phi) is 7.04. The SMILES string of the molecule is CCCN(CCN(C)C)C1COCCC1NC. The molecule has 0 bridgehead atoms. The Hall–Kier alpha value is -0.160. The van der Waals surface area contributed by atoms with Crippen molar-refractivity contribution in [3.63, 3.8) is 0 Å². The molecule has 1 aliphatic heterocycles. The summed E-state index contributed by atoms with van der Waals surface area (Å²) < 4.78 is 5.65. The summed E-state index contributed by atoms with van der Waals surface area (Å²) in [6.45, 7) is 7.44. The Labute approximate surface area is 106 Å². The second-order valence-electron chi connectivity index (χ2n) is 5.17. The zero-order valence-electron chi connectivity index (χ0n) is 11.9. The Morgan fingerprint density at radius 3 is 2.59 bits per heavy atom. The number of hydrogen-bond acceptors (Lipinski definition) is 4. The topological polar surface area (TPSA) is 27.7 Å². The van der Waals surface area contributed by atoms with Crippen LogP contribution < -0.4 is 5.32 Å². The summed E-state index contributed by atoms with van der Waals surface area (Å²) in [4.78, 5) is 4.83. The summed E-state index contributed by atoms with van der Waals surface area (Å²) >= 11 is 0. The summed E-state index contributed by atoms with van der Waals surface area (Å²) in [6, 6.07) is 1.12. The molecule has 4 heteroatoms. The van der Waals surface area contributed by atoms with E-state index in [2.05, 4.69) is 43.2 Å². The van der Waals surface area contributed by atoms with Crippen molar-refractivity contribution in [1.82, 2.24) is 15.1 Å². The highest BCUT2D eigenvalue weighted by molar-refractivity contribution is 4.86. The first-order valence-electron chi connectivity index (χ1n) is 6.82. The van der Waals surface area contributed by atoms with Gasteiger partial charge in [-0.1, -0.05) is 6.92 Å². The lowest BCUT2D eigenvalue weighted by molar-refractivity contribution is -0.00323. The Morgan fingerprint density at radius 1 is 1.24 bits per heavy atom. The van der Waals surface area contributed by atoms with E-state index >= 15 is 0 Å². The molecule has 4 nitrogen and oxygen atoms in total. The van der Waals surface area contributed by atoms with Crippen molar-refractivity contribution < 1.29 is 4.74 Å². The van der Waals surface area contributed by atoms with E-state index in [4.69, 9.17) is 4.74 Å². The van der Waals surface area contributed by atoms with Crippen LogP contribution in [-0.4, -0.2) is 75.9 Å². The third kappa shape index (κ3) is 4.92. The zero-order chi connectivity index (χ0) is 12.7. The molecule has 2 unspecified atom stereocenters. The van der Waals surface area contributed by atoms with Gasteiger partial charge in [0.2, 0.25) is 0 Å². The van der Waals surface area contributed by atoms with Crippen molar-refractivity contribution in [3.8, 4) is 0 Å². The van der Waals surface area contributed by atoms with Crippen LogP contribution >= 0.6 is 0 Å². The molecule has 0 aromatic rings. The van der Waals surface area contributed by atoms with Crippen LogP contribution in [0.1, 0.15) is 19.8 Å². The number of hydrogen-bond donors (Lipinski definition) is 1. The third-order valence-corrected chi connectivity index (χ3v) is 3.51. The van der Waals surface area contributed by atoms with Gasteiger partial charge in [0.25, 0.3) is 0 Å². The molecule has 0 spiro atoms. The van der Waals surface area contributed by atoms with Crippen molar-refractivity contribution in [3.05, 3.63) is 0 Å². The average molecular weight is 243 g/mol. The summed E-state index contributed by atoms with van der Waals surface area (Å²) in [7, 11) is 6.34. The molecule has 1 aliphatic rings. The van der Waals surface area contributed by atoms with Gasteiger partial charge in [-0.2, -0.15) is 0 Å². The Balaban J connectivity index is 2.53. The van der Waals surface area contributed by atoms with Crippen molar-refractivity contribution in [1.29, 1.82) is 0 Å². The van der Waals surface area contributed by atoms with Crippen LogP contribution in [0.25, 0.3) is 0 Å². The van der Waals surface area contributed by atoms with Crippen molar-refractivity contribution in [2.45, 2.75) is 31.8 Å². The Morgan fingerprint density at radius 2 is 2.00 bits per heavy atom. The van der Waals surface area contributed by atoms with Crippen LogP contribution in [0.5, 0.6) is 0 Å². The summed E-state index contributed by atoms with van der Waals surface area (Å²) in [5.74, 6) is 0. The fourth-order valence-electron chi connectivity index (χ4n) is 2.48. The minimum absolute atomic E-state index is 0.536. The van der Waals surface area contributed by atoms with E-state index in [0.717, 1.165) is 32.7 Å². The van der Waals surface area contributed by atoms with Gasteiger partial charge >= 0.3 is 0 Å². The molecular weight excluding hydrogens is 214 g/mol. The fraction of sp³-hybridized carbons (Fsp3) is 1.00. The van der Waals surface area contributed by atoms with Gasteiger partial charge in [-0.3, -0.25) is 4.90 Å². The van der Waals surface area contributed by atoms with Gasteiger partial charge in [0, 0.05) is 31.8 Å². The van der Waals surface area contributed by atoms with E-state index in [1.165, 1.54) is 13.0 Å². The molecule has 17 heavy (non-hydrogen) atoms. The van der Waals surface area contributed by atoms with Crippen LogP contribution in [0.2, 0.25) is 0 Å². The molecule has 1 rings (SSSR count). The molecule has 102 valence electrons. The van der Waals surface area contributed by atoms with Crippen molar-refractivity contribution in [2.24, 2.45) is 0 Å². The van der Waals surface area contributed by atoms with Crippen LogP contribution in [0.3, 0.4) is 0 Å². The molecule has 1 N–H and O–H groups in total. The maximum absolute atomic E-state index is 5.65. The minimum atomic E-state index is 0.536. The normalized spacial score (nSPS) is 25.8. The highest BCUT2D eigenvalue weighted by atomic mass is 16.5. The number of nitrogens with one attached hydrogen (secondary N) is 1. The van der Waals surface area contributed by atoms with E-state index < -0.39 is 0 Å². The largest absolute Gasteiger partial charge is 0.380 e. The first-order chi connectivity index (χ1) is 8.19. The molecular formula is C13H29N3O. The van der Waals surface area contributed by atoms with Gasteiger partial charge in [-0.15, -0.1) is 0 Å². The van der Waals surface area contributed by atoms with Crippen LogP contribution in [0.15, 0.2) is 0 Å². The molecule has 1 saturated heterocycles. The van der Waals surface area contributed by atoms with Crippen molar-refractivity contribution >= 4 is 0 Å². The van der Waals surface area contributed by atoms with Gasteiger partial charge in [-0.25, -0.2) is 0 Å². The molecule has 0 saturated carbocycles. The van der Waals surface area contributed by atoms with Gasteiger partial charge in [-0.05, 0) is 40.5 Å². The number of rotatable bonds is 7. The highest BCUT2D eigenvalue weighted by Gasteiger charge is 2.29. The van der Waals surface area contributed by atoms with E-state index in [0.29, 0.717) is 12.1 Å². The lowest BCUT2D eigenvalue weighted by Gasteiger charge is -2.40. The van der Waals surface area contributed by atoms with Crippen LogP contribution in [-0.2, 0) is 4.74 Å². The zero-order valence-corrected chi connectivity index (χ0v) is 11.9. The minimum Gasteiger partial charge on any atom is -0.380 e. The summed E-state index contributed by atoms with van der Waals surface area (Å²) in [5, 5.41) is 3.45. The maximum Gasteiger partial charge on any atom is 0.0637 e. The monoisotopic (exact) mass is 243 g/mol. The van der Waals surface area contributed by atoms with Gasteiger partial charge in [0.15, 0.2) is 0 Å². The first-order valence-corrected chi connectivity index (χ1v) is 6.82. The maximum atomic E-state index is 5.65. The number of likely N-dealkylation sites (N-methyl/N-ethyl adjacent to an activating group) is 2. The number of nitrogens with zero attached hydrogens (tertiary/aromatic N) is 2. The predicted octanol–water partition coefficient (Wildman–Crippen LogP) is 0.637. The van der Waals surface area contributed by atoms with Crippen LogP contribution in [0, 0.1) is 0 Å². The molecule has 1 heterocycles. The standard InChI is InChI=1S/C13H29N3O/c1-5-7-16(9-8-15(3)4)13-11-17-10-6-12(13)14-2/h12-14H,5-11H2,1-4H3. The van der Waals surface area contributed by atoms with E-state index in [1.54, 1.807) is 0 Å². The van der Waals surface area contributed by atoms with E-state index in [9.17, 15) is 0 Å². The molecule has 1 fully saturated rings. The summed E-state index contributed by atoms with van der Waals surface area (Å²) in [5.41, 5.74) is 0. The highest BCUT2D eigenvalue weighted by Crippen LogP contribution is 2.14. The van der Waals surface area contributed by atoms with E-state index in [-0.39, 0.29) is 0 Å². The molecule has 0 aromatic carbocycles. The second kappa shape index (κ2) is 8.03. The number of ether oxygens (including phenoxy) is 1. The summed E-state index contributed by atoms with van der Waals surface area (Å²) in [6.07, 6.45) is 2.34. The van der Waals surface area contributed by atoms with Gasteiger partial charge in [0.1, 0.15) is 0 Å². The van der Waals surface area contributed by atoms with Crippen molar-refractivity contribution in [2.75, 3.05) is 54.0 Å². The molecule has 0 radical (unpaired) electrons. The van der Waals surface area contributed by atoms with Gasteiger partial charge in [0.05, 0.1) is 6.61 Å². The molecule has 0 aromatic heterocycles. The molecule has 0 aliphatic carbocycles. The Bertz CT molecular complexity index is 199. The molecule has 2 atom stereocenters. The first kappa shape index (κ1) is 14.9. The quantitative estimate of drug-likeness (QED) is 0.710. The second-order valence-corrected chi connectivity index (χ2v) is 5.17. The molecule has 0 amide bonds. The van der Waals surface area contributed by atoms with Gasteiger partial charge < -0.3 is 15.0 Å². The third-order valence-electron chi connectivity index (χ3n) is 3.51. The lowest BCUT2D eigenvalue weighted by Crippen LogP contribution is -2.55. The smallest absolute Gasteiger partial charge is 0.0637 e. The van der Waals surface area contributed by atoms with Crippen LogP contribution in [0.4, 0.5) is 0 Å². The predicted molar refractivity (Wildman–Crippen MR) is 72.5 cm³/mol. The average Bonchev–Trinajstić information content (AvgIpc) is 2.34. The fourth-order valence-corrected chi connectivity index (χ4v) is 2.48.